The van der Waals surface area contributed by atoms with E-state index < -0.39 is 17.7 Å². The summed E-state index contributed by atoms with van der Waals surface area (Å²) in [6.45, 7) is 8.96. The Morgan fingerprint density at radius 2 is 2.04 bits per heavy atom. The van der Waals surface area contributed by atoms with E-state index in [4.69, 9.17) is 9.47 Å². The largest absolute Gasteiger partial charge is 0.462 e. The lowest BCUT2D eigenvalue weighted by Crippen LogP contribution is -2.36. The van der Waals surface area contributed by atoms with Crippen molar-refractivity contribution in [1.29, 1.82) is 0 Å². The SMILES string of the molecule is CCOC(=O)c1cnn2c(CNCCNC(=O)OC(C)(C)C)ccnc12. The number of hydrogen-bond acceptors (Lipinski definition) is 7. The third-order valence-electron chi connectivity index (χ3n) is 3.25. The van der Waals surface area contributed by atoms with Crippen LogP contribution in [-0.4, -0.2) is 52.0 Å². The predicted octanol–water partition coefficient (Wildman–Crippen LogP) is 1.52. The summed E-state index contributed by atoms with van der Waals surface area (Å²) in [4.78, 5) is 27.7. The number of amides is 1. The number of nitrogens with one attached hydrogen (secondary N) is 2. The van der Waals surface area contributed by atoms with Gasteiger partial charge in [-0.2, -0.15) is 5.10 Å². The first-order valence-corrected chi connectivity index (χ1v) is 8.48. The summed E-state index contributed by atoms with van der Waals surface area (Å²) >= 11 is 0. The van der Waals surface area contributed by atoms with Crippen LogP contribution in [0, 0.1) is 0 Å². The lowest BCUT2D eigenvalue weighted by Gasteiger charge is -2.19. The second-order valence-corrected chi connectivity index (χ2v) is 6.56. The van der Waals surface area contributed by atoms with Crippen molar-refractivity contribution in [1.82, 2.24) is 25.2 Å². The van der Waals surface area contributed by atoms with Gasteiger partial charge in [-0.15, -0.1) is 0 Å². The lowest BCUT2D eigenvalue weighted by atomic mass is 10.2. The van der Waals surface area contributed by atoms with E-state index in [9.17, 15) is 9.59 Å². The number of carbonyl (C=O) groups excluding carboxylic acids is 2. The molecule has 0 fully saturated rings. The lowest BCUT2D eigenvalue weighted by molar-refractivity contribution is 0.0518. The minimum atomic E-state index is -0.517. The highest BCUT2D eigenvalue weighted by Gasteiger charge is 2.17. The van der Waals surface area contributed by atoms with Gasteiger partial charge < -0.3 is 20.1 Å². The minimum absolute atomic E-state index is 0.294. The molecule has 0 radical (unpaired) electrons. The molecule has 0 aliphatic carbocycles. The number of nitrogens with zero attached hydrogens (tertiary/aromatic N) is 3. The monoisotopic (exact) mass is 363 g/mol. The van der Waals surface area contributed by atoms with Gasteiger partial charge in [0.2, 0.25) is 0 Å². The molecule has 0 saturated heterocycles. The molecular weight excluding hydrogens is 338 g/mol. The molecule has 9 nitrogen and oxygen atoms in total. The van der Waals surface area contributed by atoms with E-state index in [-0.39, 0.29) is 0 Å². The summed E-state index contributed by atoms with van der Waals surface area (Å²) in [6, 6.07) is 1.81. The molecule has 142 valence electrons. The van der Waals surface area contributed by atoms with Crippen LogP contribution in [0.1, 0.15) is 43.7 Å². The minimum Gasteiger partial charge on any atom is -0.462 e. The number of esters is 1. The quantitative estimate of drug-likeness (QED) is 0.567. The van der Waals surface area contributed by atoms with E-state index >= 15 is 0 Å². The number of aromatic nitrogens is 3. The highest BCUT2D eigenvalue weighted by molar-refractivity contribution is 5.95. The molecule has 1 amide bonds. The molecule has 0 unspecified atom stereocenters. The molecule has 26 heavy (non-hydrogen) atoms. The Hall–Kier alpha value is -2.68. The smallest absolute Gasteiger partial charge is 0.407 e. The van der Waals surface area contributed by atoms with Crippen molar-refractivity contribution >= 4 is 17.7 Å². The molecule has 2 N–H and O–H groups in total. The van der Waals surface area contributed by atoms with Gasteiger partial charge in [0, 0.05) is 25.8 Å². The molecule has 2 aromatic rings. The van der Waals surface area contributed by atoms with Gasteiger partial charge in [-0.25, -0.2) is 19.1 Å². The van der Waals surface area contributed by atoms with Gasteiger partial charge in [-0.3, -0.25) is 0 Å². The second-order valence-electron chi connectivity index (χ2n) is 6.56. The predicted molar refractivity (Wildman–Crippen MR) is 94.9 cm³/mol. The standard InChI is InChI=1S/C17H25N5O4/c1-5-25-15(23)13-11-21-22-12(6-7-19-14(13)22)10-18-8-9-20-16(24)26-17(2,3)4/h6-7,11,18H,5,8-10H2,1-4H3,(H,20,24). The molecule has 0 saturated carbocycles. The molecule has 0 atom stereocenters. The van der Waals surface area contributed by atoms with E-state index in [1.165, 1.54) is 6.20 Å². The van der Waals surface area contributed by atoms with Gasteiger partial charge in [0.05, 0.1) is 18.5 Å². The van der Waals surface area contributed by atoms with E-state index in [2.05, 4.69) is 20.7 Å². The average molecular weight is 363 g/mol. The second kappa shape index (κ2) is 8.61. The Balaban J connectivity index is 1.88. The van der Waals surface area contributed by atoms with Crippen molar-refractivity contribution in [3.8, 4) is 0 Å². The molecule has 0 aromatic carbocycles. The van der Waals surface area contributed by atoms with Gasteiger partial charge >= 0.3 is 12.1 Å². The first-order chi connectivity index (χ1) is 12.3. The number of hydrogen-bond donors (Lipinski definition) is 2. The van der Waals surface area contributed by atoms with Crippen LogP contribution in [0.4, 0.5) is 4.79 Å². The Kier molecular flexibility index (Phi) is 6.51. The summed E-state index contributed by atoms with van der Waals surface area (Å²) < 4.78 is 11.8. The summed E-state index contributed by atoms with van der Waals surface area (Å²) in [5.41, 5.74) is 1.11. The highest BCUT2D eigenvalue weighted by atomic mass is 16.6. The first kappa shape index (κ1) is 19.6. The maximum absolute atomic E-state index is 11.9. The Labute approximate surface area is 152 Å². The molecular formula is C17H25N5O4. The highest BCUT2D eigenvalue weighted by Crippen LogP contribution is 2.11. The third kappa shape index (κ3) is 5.41. The van der Waals surface area contributed by atoms with Crippen molar-refractivity contribution < 1.29 is 19.1 Å². The molecule has 2 rings (SSSR count). The van der Waals surface area contributed by atoms with Gasteiger partial charge in [-0.1, -0.05) is 0 Å². The molecule has 0 bridgehead atoms. The molecule has 2 aromatic heterocycles. The van der Waals surface area contributed by atoms with Crippen LogP contribution in [0.5, 0.6) is 0 Å². The van der Waals surface area contributed by atoms with E-state index in [0.717, 1.165) is 5.69 Å². The third-order valence-corrected chi connectivity index (χ3v) is 3.25. The molecule has 9 heteroatoms. The van der Waals surface area contributed by atoms with Crippen molar-refractivity contribution in [2.75, 3.05) is 19.7 Å². The van der Waals surface area contributed by atoms with Crippen LogP contribution in [0.15, 0.2) is 18.5 Å². The zero-order chi connectivity index (χ0) is 19.2. The summed E-state index contributed by atoms with van der Waals surface area (Å²) in [5, 5.41) is 10.1. The zero-order valence-electron chi connectivity index (χ0n) is 15.5. The van der Waals surface area contributed by atoms with Crippen LogP contribution < -0.4 is 10.6 Å². The maximum atomic E-state index is 11.9. The number of fused-ring (bicyclic) bond motifs is 1. The fourth-order valence-electron chi connectivity index (χ4n) is 2.21. The Morgan fingerprint density at radius 1 is 1.27 bits per heavy atom. The maximum Gasteiger partial charge on any atom is 0.407 e. The van der Waals surface area contributed by atoms with Crippen LogP contribution in [0.2, 0.25) is 0 Å². The number of carbonyl (C=O) groups is 2. The summed E-state index contributed by atoms with van der Waals surface area (Å²) in [5.74, 6) is -0.443. The van der Waals surface area contributed by atoms with Crippen molar-refractivity contribution in [3.05, 3.63) is 29.7 Å². The first-order valence-electron chi connectivity index (χ1n) is 8.48. The van der Waals surface area contributed by atoms with Crippen molar-refractivity contribution in [3.63, 3.8) is 0 Å². The van der Waals surface area contributed by atoms with Crippen molar-refractivity contribution in [2.45, 2.75) is 39.8 Å². The zero-order valence-corrected chi connectivity index (χ0v) is 15.5. The van der Waals surface area contributed by atoms with E-state index in [1.54, 1.807) is 17.6 Å². The van der Waals surface area contributed by atoms with Gasteiger partial charge in [0.25, 0.3) is 0 Å². The Bertz CT molecular complexity index is 766. The summed E-state index contributed by atoms with van der Waals surface area (Å²) in [7, 11) is 0. The number of alkyl carbamates (subject to hydrolysis) is 1. The fourth-order valence-corrected chi connectivity index (χ4v) is 2.21. The van der Waals surface area contributed by atoms with Gasteiger partial charge in [-0.05, 0) is 33.8 Å². The number of rotatable bonds is 7. The molecule has 0 aliphatic heterocycles. The average Bonchev–Trinajstić information content (AvgIpc) is 2.98. The van der Waals surface area contributed by atoms with Crippen LogP contribution in [0.3, 0.4) is 0 Å². The normalized spacial score (nSPS) is 11.4. The van der Waals surface area contributed by atoms with Crippen LogP contribution in [0.25, 0.3) is 5.65 Å². The molecule has 0 aliphatic rings. The van der Waals surface area contributed by atoms with Gasteiger partial charge in [0.15, 0.2) is 5.65 Å². The Morgan fingerprint density at radius 3 is 2.73 bits per heavy atom. The van der Waals surface area contributed by atoms with Crippen LogP contribution in [-0.2, 0) is 16.0 Å². The van der Waals surface area contributed by atoms with Crippen molar-refractivity contribution in [2.24, 2.45) is 0 Å². The fraction of sp³-hybridized carbons (Fsp3) is 0.529. The van der Waals surface area contributed by atoms with Gasteiger partial charge in [0.1, 0.15) is 11.2 Å². The topological polar surface area (TPSA) is 107 Å². The molecule has 0 spiro atoms. The van der Waals surface area contributed by atoms with E-state index in [1.807, 2.05) is 26.8 Å². The number of ether oxygens (including phenoxy) is 2. The molecule has 2 heterocycles. The van der Waals surface area contributed by atoms with E-state index in [0.29, 0.717) is 37.5 Å². The van der Waals surface area contributed by atoms with Crippen LogP contribution >= 0.6 is 0 Å². The summed E-state index contributed by atoms with van der Waals surface area (Å²) in [6.07, 6.45) is 2.63.